The minimum Gasteiger partial charge on any atom is -0.392 e. The van der Waals surface area contributed by atoms with Gasteiger partial charge in [0.15, 0.2) is 11.4 Å². The van der Waals surface area contributed by atoms with E-state index in [1.165, 1.54) is 19.3 Å². The van der Waals surface area contributed by atoms with Gasteiger partial charge in [-0.05, 0) is 84.1 Å². The summed E-state index contributed by atoms with van der Waals surface area (Å²) in [5.41, 5.74) is 6.11. The van der Waals surface area contributed by atoms with Gasteiger partial charge in [0.1, 0.15) is 6.33 Å². The molecule has 9 nitrogen and oxygen atoms in total. The van der Waals surface area contributed by atoms with Crippen molar-refractivity contribution in [1.29, 1.82) is 0 Å². The molecule has 1 saturated heterocycles. The first-order chi connectivity index (χ1) is 23.9. The third kappa shape index (κ3) is 7.15. The van der Waals surface area contributed by atoms with Gasteiger partial charge in [0, 0.05) is 36.9 Å². The molecular formula is C39H45N5O4S. The molecule has 0 spiro atoms. The second-order valence-electron chi connectivity index (χ2n) is 14.7. The maximum absolute atomic E-state index is 13.2. The fourth-order valence-corrected chi connectivity index (χ4v) is 10.00. The Morgan fingerprint density at radius 2 is 1.61 bits per heavy atom. The number of nitrogens with zero attached hydrogens (tertiary/aromatic N) is 3. The number of aromatic nitrogens is 3. The Morgan fingerprint density at radius 1 is 0.918 bits per heavy atom. The van der Waals surface area contributed by atoms with Crippen molar-refractivity contribution in [2.75, 3.05) is 5.75 Å². The SMILES string of the molecule is Cn1cnnc1SCC1CC(c2ccc(CO)cc2)OC(c2ccc(-c3ccccc3CNC(=O)NC34CC5CC(CC(C5)C3)C4)cc2)O1. The summed E-state index contributed by atoms with van der Waals surface area (Å²) >= 11 is 1.63. The van der Waals surface area contributed by atoms with E-state index in [9.17, 15) is 9.90 Å². The van der Waals surface area contributed by atoms with Crippen LogP contribution in [-0.4, -0.2) is 43.3 Å². The number of nitrogens with one attached hydrogen (secondary N) is 2. The number of hydrogen-bond donors (Lipinski definition) is 3. The zero-order chi connectivity index (χ0) is 33.4. The second-order valence-corrected chi connectivity index (χ2v) is 15.7. The highest BCUT2D eigenvalue weighted by Gasteiger charge is 2.51. The molecule has 4 aliphatic carbocycles. The summed E-state index contributed by atoms with van der Waals surface area (Å²) in [5.74, 6) is 3.08. The zero-order valence-electron chi connectivity index (χ0n) is 28.0. The van der Waals surface area contributed by atoms with Crippen LogP contribution in [0.1, 0.15) is 79.6 Å². The molecule has 9 rings (SSSR count). The fraction of sp³-hybridized carbons (Fsp3) is 0.462. The Labute approximate surface area is 292 Å². The normalized spacial score (nSPS) is 28.8. The molecule has 10 heteroatoms. The van der Waals surface area contributed by atoms with Crippen molar-refractivity contribution in [3.8, 4) is 11.1 Å². The van der Waals surface area contributed by atoms with E-state index >= 15 is 0 Å². The average Bonchev–Trinajstić information content (AvgIpc) is 3.53. The predicted octanol–water partition coefficient (Wildman–Crippen LogP) is 7.08. The summed E-state index contributed by atoms with van der Waals surface area (Å²) in [5, 5.41) is 25.2. The van der Waals surface area contributed by atoms with E-state index in [1.54, 1.807) is 18.1 Å². The summed E-state index contributed by atoms with van der Waals surface area (Å²) in [7, 11) is 1.94. The molecule has 5 fully saturated rings. The molecule has 3 atom stereocenters. The molecule has 4 bridgehead atoms. The van der Waals surface area contributed by atoms with Gasteiger partial charge in [0.25, 0.3) is 0 Å². The molecule has 2 heterocycles. The maximum Gasteiger partial charge on any atom is 0.315 e. The molecule has 3 N–H and O–H groups in total. The number of urea groups is 1. The van der Waals surface area contributed by atoms with E-state index in [4.69, 9.17) is 9.47 Å². The van der Waals surface area contributed by atoms with Gasteiger partial charge in [-0.3, -0.25) is 0 Å². The number of benzene rings is 3. The van der Waals surface area contributed by atoms with Crippen LogP contribution in [0.3, 0.4) is 0 Å². The molecule has 3 unspecified atom stereocenters. The predicted molar refractivity (Wildman–Crippen MR) is 188 cm³/mol. The van der Waals surface area contributed by atoms with Crippen molar-refractivity contribution in [3.63, 3.8) is 0 Å². The van der Waals surface area contributed by atoms with E-state index in [2.05, 4.69) is 57.2 Å². The number of aryl methyl sites for hydroxylation is 1. The molecule has 256 valence electrons. The lowest BCUT2D eigenvalue weighted by Gasteiger charge is -2.56. The van der Waals surface area contributed by atoms with E-state index in [1.807, 2.05) is 48.0 Å². The van der Waals surface area contributed by atoms with Crippen molar-refractivity contribution in [1.82, 2.24) is 25.4 Å². The monoisotopic (exact) mass is 679 g/mol. The lowest BCUT2D eigenvalue weighted by molar-refractivity contribution is -0.245. The van der Waals surface area contributed by atoms with Gasteiger partial charge < -0.3 is 29.8 Å². The van der Waals surface area contributed by atoms with E-state index in [-0.39, 0.29) is 30.4 Å². The van der Waals surface area contributed by atoms with Gasteiger partial charge in [-0.25, -0.2) is 4.79 Å². The number of aliphatic hydroxyl groups is 1. The summed E-state index contributed by atoms with van der Waals surface area (Å²) < 4.78 is 15.0. The molecule has 1 aromatic heterocycles. The Bertz CT molecular complexity index is 1720. The topological polar surface area (TPSA) is 111 Å². The Morgan fingerprint density at radius 3 is 2.29 bits per heavy atom. The van der Waals surface area contributed by atoms with Gasteiger partial charge in [-0.2, -0.15) is 0 Å². The third-order valence-electron chi connectivity index (χ3n) is 11.1. The standard InChI is InChI=1S/C39H45N5O4S/c1-44-24-41-43-38(44)49-23-33-17-35(30-8-6-25(22-45)7-9-30)48-36(47-33)31-12-10-29(11-13-31)34-5-3-2-4-32(34)21-40-37(46)42-39-18-26-14-27(19-39)16-28(15-26)20-39/h2-13,24,26-28,33,35-36,45H,14-23H2,1H3,(H2,40,42,46). The largest absolute Gasteiger partial charge is 0.392 e. The van der Waals surface area contributed by atoms with Crippen molar-refractivity contribution in [2.45, 2.75) is 87.3 Å². The number of amides is 2. The van der Waals surface area contributed by atoms with Crippen LogP contribution in [0.15, 0.2) is 84.3 Å². The number of aliphatic hydroxyl groups excluding tert-OH is 1. The van der Waals surface area contributed by atoms with E-state index < -0.39 is 6.29 Å². The minimum atomic E-state index is -0.541. The first-order valence-corrected chi connectivity index (χ1v) is 18.6. The summed E-state index contributed by atoms with van der Waals surface area (Å²) in [6.45, 7) is 0.474. The van der Waals surface area contributed by atoms with Crippen LogP contribution in [0, 0.1) is 17.8 Å². The number of rotatable bonds is 10. The summed E-state index contributed by atoms with van der Waals surface area (Å²) in [4.78, 5) is 13.2. The first kappa shape index (κ1) is 32.5. The van der Waals surface area contributed by atoms with Crippen LogP contribution in [0.5, 0.6) is 0 Å². The summed E-state index contributed by atoms with van der Waals surface area (Å²) in [6.07, 6.45) is 9.13. The van der Waals surface area contributed by atoms with Crippen LogP contribution in [0.2, 0.25) is 0 Å². The lowest BCUT2D eigenvalue weighted by atomic mass is 9.53. The molecule has 1 aliphatic heterocycles. The molecule has 5 aliphatic rings. The van der Waals surface area contributed by atoms with Crippen molar-refractivity contribution in [2.24, 2.45) is 24.8 Å². The molecule has 0 radical (unpaired) electrons. The lowest BCUT2D eigenvalue weighted by Crippen LogP contribution is -2.61. The van der Waals surface area contributed by atoms with Crippen LogP contribution in [0.25, 0.3) is 11.1 Å². The van der Waals surface area contributed by atoms with E-state index in [0.717, 1.165) is 75.6 Å². The number of carbonyl (C=O) groups is 1. The van der Waals surface area contributed by atoms with Gasteiger partial charge in [-0.1, -0.05) is 84.6 Å². The number of hydrogen-bond acceptors (Lipinski definition) is 7. The highest BCUT2D eigenvalue weighted by Crippen LogP contribution is 2.55. The van der Waals surface area contributed by atoms with E-state index in [0.29, 0.717) is 18.7 Å². The van der Waals surface area contributed by atoms with Gasteiger partial charge in [0.05, 0.1) is 18.8 Å². The first-order valence-electron chi connectivity index (χ1n) is 17.6. The van der Waals surface area contributed by atoms with Crippen LogP contribution in [-0.2, 0) is 29.7 Å². The number of thioether (sulfide) groups is 1. The van der Waals surface area contributed by atoms with Crippen molar-refractivity contribution in [3.05, 3.63) is 101 Å². The van der Waals surface area contributed by atoms with Gasteiger partial charge >= 0.3 is 6.03 Å². The van der Waals surface area contributed by atoms with Crippen molar-refractivity contribution >= 4 is 17.8 Å². The van der Waals surface area contributed by atoms with Crippen LogP contribution in [0.4, 0.5) is 4.79 Å². The van der Waals surface area contributed by atoms with Gasteiger partial charge in [0.2, 0.25) is 0 Å². The molecule has 4 saturated carbocycles. The smallest absolute Gasteiger partial charge is 0.315 e. The molecule has 3 aromatic carbocycles. The average molecular weight is 680 g/mol. The molecular weight excluding hydrogens is 635 g/mol. The highest BCUT2D eigenvalue weighted by molar-refractivity contribution is 7.99. The van der Waals surface area contributed by atoms with Crippen molar-refractivity contribution < 1.29 is 19.4 Å². The molecule has 4 aromatic rings. The van der Waals surface area contributed by atoms with Gasteiger partial charge in [-0.15, -0.1) is 10.2 Å². The highest BCUT2D eigenvalue weighted by atomic mass is 32.2. The van der Waals surface area contributed by atoms with Crippen LogP contribution >= 0.6 is 11.8 Å². The quantitative estimate of drug-likeness (QED) is 0.154. The number of ether oxygens (including phenoxy) is 2. The third-order valence-corrected chi connectivity index (χ3v) is 12.2. The molecule has 2 amide bonds. The number of carbonyl (C=O) groups excluding carboxylic acids is 1. The zero-order valence-corrected chi connectivity index (χ0v) is 28.8. The fourth-order valence-electron chi connectivity index (χ4n) is 9.09. The molecule has 49 heavy (non-hydrogen) atoms. The Balaban J connectivity index is 0.949. The Kier molecular flexibility index (Phi) is 9.22. The van der Waals surface area contributed by atoms with Crippen LogP contribution < -0.4 is 10.6 Å². The maximum atomic E-state index is 13.2. The minimum absolute atomic E-state index is 0.00747. The summed E-state index contributed by atoms with van der Waals surface area (Å²) in [6, 6.07) is 24.6. The second kappa shape index (κ2) is 13.9. The Hall–Kier alpha value is -3.70.